The molecule has 1 aliphatic heterocycles. The Kier molecular flexibility index (Phi) is 3.86. The highest BCUT2D eigenvalue weighted by molar-refractivity contribution is 5.85. The third-order valence-corrected chi connectivity index (χ3v) is 4.26. The van der Waals surface area contributed by atoms with E-state index in [9.17, 15) is 4.39 Å². The Morgan fingerprint density at radius 1 is 1.33 bits per heavy atom. The first-order chi connectivity index (χ1) is 11.7. The number of ether oxygens (including phenoxy) is 1. The van der Waals surface area contributed by atoms with Crippen molar-refractivity contribution in [2.75, 3.05) is 11.9 Å². The van der Waals surface area contributed by atoms with Crippen molar-refractivity contribution >= 4 is 22.7 Å². The van der Waals surface area contributed by atoms with Crippen LogP contribution in [-0.2, 0) is 11.3 Å². The number of anilines is 2. The summed E-state index contributed by atoms with van der Waals surface area (Å²) in [7, 11) is 0. The Bertz CT molecular complexity index is 873. The van der Waals surface area contributed by atoms with Crippen molar-refractivity contribution in [1.82, 2.24) is 19.5 Å². The topological polar surface area (TPSA) is 64.9 Å². The Morgan fingerprint density at radius 2 is 2.25 bits per heavy atom. The van der Waals surface area contributed by atoms with E-state index < -0.39 is 0 Å². The summed E-state index contributed by atoms with van der Waals surface area (Å²) in [5, 5.41) is 3.12. The van der Waals surface area contributed by atoms with Gasteiger partial charge < -0.3 is 14.6 Å². The number of benzene rings is 1. The molecular weight excluding hydrogens is 309 g/mol. The maximum Gasteiger partial charge on any atom is 0.165 e. The van der Waals surface area contributed by atoms with E-state index in [1.807, 2.05) is 10.6 Å². The van der Waals surface area contributed by atoms with Gasteiger partial charge in [-0.25, -0.2) is 19.3 Å². The van der Waals surface area contributed by atoms with Crippen LogP contribution in [-0.4, -0.2) is 32.2 Å². The average Bonchev–Trinajstić information content (AvgIpc) is 3.22. The molecule has 1 atom stereocenters. The number of hydrogen-bond acceptors (Lipinski definition) is 5. The van der Waals surface area contributed by atoms with Gasteiger partial charge in [-0.15, -0.1) is 0 Å². The molecule has 4 rings (SSSR count). The van der Waals surface area contributed by atoms with Crippen LogP contribution < -0.4 is 5.32 Å². The lowest BCUT2D eigenvalue weighted by molar-refractivity contribution is 0.0978. The van der Waals surface area contributed by atoms with Crippen molar-refractivity contribution in [2.45, 2.75) is 32.4 Å². The van der Waals surface area contributed by atoms with Gasteiger partial charge in [-0.05, 0) is 37.5 Å². The number of nitrogens with one attached hydrogen (secondary N) is 1. The van der Waals surface area contributed by atoms with Crippen LogP contribution in [0.3, 0.4) is 0 Å². The number of hydrogen-bond donors (Lipinski definition) is 1. The van der Waals surface area contributed by atoms with Gasteiger partial charge in [0.25, 0.3) is 0 Å². The van der Waals surface area contributed by atoms with Gasteiger partial charge in [-0.2, -0.15) is 0 Å². The lowest BCUT2D eigenvalue weighted by atomic mass is 10.2. The number of imidazole rings is 1. The molecule has 7 heteroatoms. The molecule has 0 bridgehead atoms. The second kappa shape index (κ2) is 6.16. The Labute approximate surface area is 138 Å². The fourth-order valence-corrected chi connectivity index (χ4v) is 2.92. The Morgan fingerprint density at radius 3 is 3.04 bits per heavy atom. The summed E-state index contributed by atoms with van der Waals surface area (Å²) < 4.78 is 21.4. The molecule has 0 radical (unpaired) electrons. The number of nitrogens with zero attached hydrogens (tertiary/aromatic N) is 4. The van der Waals surface area contributed by atoms with Crippen LogP contribution >= 0.6 is 0 Å². The van der Waals surface area contributed by atoms with Crippen molar-refractivity contribution in [1.29, 1.82) is 0 Å². The van der Waals surface area contributed by atoms with Crippen LogP contribution in [0.4, 0.5) is 15.9 Å². The predicted molar refractivity (Wildman–Crippen MR) is 88.7 cm³/mol. The number of halogens is 1. The van der Waals surface area contributed by atoms with E-state index in [0.717, 1.165) is 31.6 Å². The Hall–Kier alpha value is -2.54. The molecule has 124 valence electrons. The second-order valence-corrected chi connectivity index (χ2v) is 6.02. The third kappa shape index (κ3) is 2.82. The summed E-state index contributed by atoms with van der Waals surface area (Å²) in [4.78, 5) is 13.0. The largest absolute Gasteiger partial charge is 0.376 e. The smallest absolute Gasteiger partial charge is 0.165 e. The monoisotopic (exact) mass is 327 g/mol. The van der Waals surface area contributed by atoms with Gasteiger partial charge >= 0.3 is 0 Å². The van der Waals surface area contributed by atoms with E-state index in [1.54, 1.807) is 19.3 Å². The first-order valence-electron chi connectivity index (χ1n) is 8.01. The number of fused-ring (bicyclic) bond motifs is 1. The molecule has 0 spiro atoms. The molecule has 3 heterocycles. The summed E-state index contributed by atoms with van der Waals surface area (Å²) in [5.74, 6) is 0.309. The number of aryl methyl sites for hydroxylation is 1. The van der Waals surface area contributed by atoms with Crippen LogP contribution in [0, 0.1) is 12.7 Å². The predicted octanol–water partition coefficient (Wildman–Crippen LogP) is 3.20. The molecule has 0 amide bonds. The standard InChI is InChI=1S/C17H18FN5O/c1-11-4-5-12(7-14(11)18)22-16-15-17(20-9-19-16)23(10-21-15)8-13-3-2-6-24-13/h4-5,7,9-10,13H,2-3,6,8H2,1H3,(H,19,20,22). The van der Waals surface area contributed by atoms with Crippen molar-refractivity contribution in [2.24, 2.45) is 0 Å². The highest BCUT2D eigenvalue weighted by Crippen LogP contribution is 2.24. The molecule has 24 heavy (non-hydrogen) atoms. The highest BCUT2D eigenvalue weighted by Gasteiger charge is 2.18. The normalized spacial score (nSPS) is 17.5. The maximum absolute atomic E-state index is 13.7. The van der Waals surface area contributed by atoms with E-state index in [-0.39, 0.29) is 11.9 Å². The average molecular weight is 327 g/mol. The lowest BCUT2D eigenvalue weighted by Gasteiger charge is -2.11. The van der Waals surface area contributed by atoms with Gasteiger partial charge in [-0.1, -0.05) is 6.07 Å². The van der Waals surface area contributed by atoms with Crippen LogP contribution in [0.2, 0.25) is 0 Å². The zero-order valence-electron chi connectivity index (χ0n) is 13.4. The molecule has 0 saturated carbocycles. The van der Waals surface area contributed by atoms with Crippen molar-refractivity contribution in [3.8, 4) is 0 Å². The zero-order chi connectivity index (χ0) is 16.5. The van der Waals surface area contributed by atoms with Crippen LogP contribution in [0.25, 0.3) is 11.2 Å². The fourth-order valence-electron chi connectivity index (χ4n) is 2.92. The van der Waals surface area contributed by atoms with E-state index in [4.69, 9.17) is 4.74 Å². The van der Waals surface area contributed by atoms with Gasteiger partial charge in [-0.3, -0.25) is 0 Å². The Balaban J connectivity index is 1.63. The molecule has 0 aliphatic carbocycles. The molecule has 1 aromatic carbocycles. The van der Waals surface area contributed by atoms with E-state index in [1.165, 1.54) is 12.4 Å². The van der Waals surface area contributed by atoms with Gasteiger partial charge in [0.05, 0.1) is 19.0 Å². The minimum atomic E-state index is -0.255. The summed E-state index contributed by atoms with van der Waals surface area (Å²) >= 11 is 0. The SMILES string of the molecule is Cc1ccc(Nc2ncnc3c2ncn3CC2CCCO2)cc1F. The summed E-state index contributed by atoms with van der Waals surface area (Å²) in [6.07, 6.45) is 5.60. The molecule has 1 fully saturated rings. The van der Waals surface area contributed by atoms with Crippen LogP contribution in [0.5, 0.6) is 0 Å². The van der Waals surface area contributed by atoms with E-state index in [2.05, 4.69) is 20.3 Å². The molecular formula is C17H18FN5O. The van der Waals surface area contributed by atoms with E-state index in [0.29, 0.717) is 22.6 Å². The molecule has 6 nitrogen and oxygen atoms in total. The highest BCUT2D eigenvalue weighted by atomic mass is 19.1. The lowest BCUT2D eigenvalue weighted by Crippen LogP contribution is -2.14. The van der Waals surface area contributed by atoms with Gasteiger partial charge in [0, 0.05) is 12.3 Å². The van der Waals surface area contributed by atoms with E-state index >= 15 is 0 Å². The quantitative estimate of drug-likeness (QED) is 0.797. The fraction of sp³-hybridized carbons (Fsp3) is 0.353. The van der Waals surface area contributed by atoms with Crippen LogP contribution in [0.1, 0.15) is 18.4 Å². The minimum absolute atomic E-state index is 0.208. The summed E-state index contributed by atoms with van der Waals surface area (Å²) in [6, 6.07) is 4.99. The molecule has 3 aromatic rings. The van der Waals surface area contributed by atoms with Crippen molar-refractivity contribution < 1.29 is 9.13 Å². The molecule has 1 aliphatic rings. The molecule has 1 unspecified atom stereocenters. The zero-order valence-corrected chi connectivity index (χ0v) is 13.4. The summed E-state index contributed by atoms with van der Waals surface area (Å²) in [5.41, 5.74) is 2.65. The third-order valence-electron chi connectivity index (χ3n) is 4.26. The molecule has 1 N–H and O–H groups in total. The number of aromatic nitrogens is 4. The van der Waals surface area contributed by atoms with Gasteiger partial charge in [0.2, 0.25) is 0 Å². The van der Waals surface area contributed by atoms with Crippen LogP contribution in [0.15, 0.2) is 30.9 Å². The van der Waals surface area contributed by atoms with Gasteiger partial charge in [0.15, 0.2) is 17.0 Å². The number of rotatable bonds is 4. The second-order valence-electron chi connectivity index (χ2n) is 6.02. The van der Waals surface area contributed by atoms with Crippen molar-refractivity contribution in [3.63, 3.8) is 0 Å². The minimum Gasteiger partial charge on any atom is -0.376 e. The van der Waals surface area contributed by atoms with Crippen molar-refractivity contribution in [3.05, 3.63) is 42.2 Å². The maximum atomic E-state index is 13.7. The molecule has 1 saturated heterocycles. The van der Waals surface area contributed by atoms with Gasteiger partial charge in [0.1, 0.15) is 12.1 Å². The first-order valence-corrected chi connectivity index (χ1v) is 8.01. The molecule has 2 aromatic heterocycles. The first kappa shape index (κ1) is 15.0. The summed E-state index contributed by atoms with van der Waals surface area (Å²) in [6.45, 7) is 3.28.